The van der Waals surface area contributed by atoms with Crippen molar-refractivity contribution < 1.29 is 18.1 Å². The highest BCUT2D eigenvalue weighted by molar-refractivity contribution is 7.89. The lowest BCUT2D eigenvalue weighted by atomic mass is 10.1. The van der Waals surface area contributed by atoms with Crippen LogP contribution in [-0.2, 0) is 14.8 Å². The molecule has 1 aromatic rings. The summed E-state index contributed by atoms with van der Waals surface area (Å²) in [4.78, 5) is 21.2. The molecular weight excluding hydrogens is 296 g/mol. The lowest BCUT2D eigenvalue weighted by molar-refractivity contribution is -0.384. The van der Waals surface area contributed by atoms with Crippen molar-refractivity contribution in [1.82, 2.24) is 4.31 Å². The maximum absolute atomic E-state index is 12.5. The molecule has 3 atom stereocenters. The van der Waals surface area contributed by atoms with Crippen LogP contribution in [0.4, 0.5) is 5.69 Å². The highest BCUT2D eigenvalue weighted by Gasteiger charge is 2.68. The second-order valence-corrected chi connectivity index (χ2v) is 7.61. The van der Waals surface area contributed by atoms with E-state index in [0.29, 0.717) is 6.54 Å². The van der Waals surface area contributed by atoms with Gasteiger partial charge in [-0.2, -0.15) is 4.31 Å². The fourth-order valence-corrected chi connectivity index (χ4v) is 4.77. The summed E-state index contributed by atoms with van der Waals surface area (Å²) < 4.78 is 26.3. The van der Waals surface area contributed by atoms with Gasteiger partial charge in [0.25, 0.3) is 5.69 Å². The van der Waals surface area contributed by atoms with Crippen molar-refractivity contribution in [2.24, 2.45) is 17.3 Å². The number of hydrogen-bond donors (Lipinski definition) is 0. The average molecular weight is 310 g/mol. The molecule has 8 heteroatoms. The zero-order chi connectivity index (χ0) is 15.4. The van der Waals surface area contributed by atoms with Gasteiger partial charge in [-0.15, -0.1) is 0 Å². The molecule has 2 aliphatic rings. The first kappa shape index (κ1) is 14.2. The van der Waals surface area contributed by atoms with E-state index >= 15 is 0 Å². The van der Waals surface area contributed by atoms with E-state index in [1.165, 1.54) is 28.6 Å². The van der Waals surface area contributed by atoms with E-state index in [0.717, 1.165) is 6.29 Å². The highest BCUT2D eigenvalue weighted by atomic mass is 32.2. The third-order valence-corrected chi connectivity index (χ3v) is 6.61. The number of carbonyl (C=O) groups excluding carboxylic acids is 1. The van der Waals surface area contributed by atoms with Gasteiger partial charge in [-0.1, -0.05) is 6.92 Å². The van der Waals surface area contributed by atoms with Crippen molar-refractivity contribution in [3.8, 4) is 0 Å². The van der Waals surface area contributed by atoms with Crippen molar-refractivity contribution in [3.05, 3.63) is 34.4 Å². The van der Waals surface area contributed by atoms with Gasteiger partial charge in [0.05, 0.1) is 9.82 Å². The van der Waals surface area contributed by atoms with Crippen LogP contribution < -0.4 is 0 Å². The number of sulfonamides is 1. The van der Waals surface area contributed by atoms with Crippen LogP contribution in [0, 0.1) is 27.4 Å². The molecule has 0 amide bonds. The monoisotopic (exact) mass is 310 g/mol. The molecule has 1 saturated carbocycles. The Morgan fingerprint density at radius 3 is 2.48 bits per heavy atom. The van der Waals surface area contributed by atoms with Crippen molar-refractivity contribution >= 4 is 22.0 Å². The minimum absolute atomic E-state index is 0.0168. The van der Waals surface area contributed by atoms with E-state index in [1.54, 1.807) is 0 Å². The zero-order valence-corrected chi connectivity index (χ0v) is 12.1. The number of nitro groups is 1. The van der Waals surface area contributed by atoms with E-state index in [2.05, 4.69) is 0 Å². The summed E-state index contributed by atoms with van der Waals surface area (Å²) in [6.45, 7) is 2.48. The van der Waals surface area contributed by atoms with E-state index in [9.17, 15) is 23.3 Å². The summed E-state index contributed by atoms with van der Waals surface area (Å²) in [6.07, 6.45) is 0.869. The summed E-state index contributed by atoms with van der Waals surface area (Å²) in [5.41, 5.74) is -0.690. The number of rotatable bonds is 4. The predicted molar refractivity (Wildman–Crippen MR) is 73.0 cm³/mol. The first-order chi connectivity index (χ1) is 9.83. The number of hydrogen-bond acceptors (Lipinski definition) is 5. The number of non-ortho nitro benzene ring substituents is 1. The smallest absolute Gasteiger partial charge is 0.269 e. The molecule has 1 aliphatic heterocycles. The summed E-state index contributed by atoms with van der Waals surface area (Å²) in [6, 6.07) is 4.80. The summed E-state index contributed by atoms with van der Waals surface area (Å²) in [5.74, 6) is 0.307. The molecule has 0 N–H and O–H groups in total. The average Bonchev–Trinajstić information content (AvgIpc) is 2.86. The quantitative estimate of drug-likeness (QED) is 0.470. The summed E-state index contributed by atoms with van der Waals surface area (Å²) in [7, 11) is -3.70. The van der Waals surface area contributed by atoms with Gasteiger partial charge in [0.1, 0.15) is 6.29 Å². The maximum atomic E-state index is 12.5. The second-order valence-electron chi connectivity index (χ2n) is 5.67. The van der Waals surface area contributed by atoms with E-state index in [1.807, 2.05) is 6.92 Å². The van der Waals surface area contributed by atoms with Crippen LogP contribution in [-0.4, -0.2) is 37.0 Å². The van der Waals surface area contributed by atoms with E-state index in [4.69, 9.17) is 0 Å². The lowest BCUT2D eigenvalue weighted by Crippen LogP contribution is -2.33. The van der Waals surface area contributed by atoms with E-state index < -0.39 is 20.4 Å². The van der Waals surface area contributed by atoms with Crippen molar-refractivity contribution in [2.75, 3.05) is 13.1 Å². The molecule has 0 radical (unpaired) electrons. The topological polar surface area (TPSA) is 97.6 Å². The third-order valence-electron chi connectivity index (χ3n) is 4.79. The molecule has 1 aromatic carbocycles. The largest absolute Gasteiger partial charge is 0.303 e. The minimum Gasteiger partial charge on any atom is -0.303 e. The second kappa shape index (κ2) is 4.35. The summed E-state index contributed by atoms with van der Waals surface area (Å²) in [5, 5.41) is 10.6. The number of carbonyl (C=O) groups is 1. The fraction of sp³-hybridized carbons (Fsp3) is 0.462. The number of aldehydes is 1. The zero-order valence-electron chi connectivity index (χ0n) is 11.3. The van der Waals surface area contributed by atoms with Crippen LogP contribution in [0.3, 0.4) is 0 Å². The van der Waals surface area contributed by atoms with Crippen LogP contribution in [0.15, 0.2) is 29.2 Å². The lowest BCUT2D eigenvalue weighted by Gasteiger charge is -2.20. The van der Waals surface area contributed by atoms with Gasteiger partial charge >= 0.3 is 0 Å². The van der Waals surface area contributed by atoms with Gasteiger partial charge in [-0.05, 0) is 24.0 Å². The normalized spacial score (nSPS) is 31.7. The molecular formula is C13H14N2O5S. The number of nitro benzene ring substituents is 1. The number of fused-ring (bicyclic) bond motifs is 1. The molecule has 0 bridgehead atoms. The Bertz CT molecular complexity index is 715. The molecule has 0 aromatic heterocycles. The first-order valence-corrected chi connectivity index (χ1v) is 7.98. The molecule has 3 rings (SSSR count). The molecule has 2 fully saturated rings. The van der Waals surface area contributed by atoms with Crippen LogP contribution >= 0.6 is 0 Å². The molecule has 1 heterocycles. The Morgan fingerprint density at radius 1 is 1.38 bits per heavy atom. The minimum atomic E-state index is -3.70. The van der Waals surface area contributed by atoms with Gasteiger partial charge < -0.3 is 4.79 Å². The maximum Gasteiger partial charge on any atom is 0.269 e. The predicted octanol–water partition coefficient (Wildman–Crippen LogP) is 1.05. The first-order valence-electron chi connectivity index (χ1n) is 6.54. The Morgan fingerprint density at radius 2 is 2.00 bits per heavy atom. The van der Waals surface area contributed by atoms with Crippen LogP contribution in [0.1, 0.15) is 6.92 Å². The van der Waals surface area contributed by atoms with Gasteiger partial charge in [-0.25, -0.2) is 8.42 Å². The number of nitrogens with zero attached hydrogens (tertiary/aromatic N) is 2. The van der Waals surface area contributed by atoms with Gasteiger partial charge in [-0.3, -0.25) is 10.1 Å². The van der Waals surface area contributed by atoms with Crippen LogP contribution in [0.2, 0.25) is 0 Å². The standard InChI is InChI=1S/C13H14N2O5S/c1-9-12-6-14(7-13(9,12)8-16)21(19,20)11-4-2-10(3-5-11)15(17)18/h2-5,8-9,12H,6-7H2,1H3. The Balaban J connectivity index is 1.85. The van der Waals surface area contributed by atoms with Gasteiger partial charge in [0.15, 0.2) is 0 Å². The molecule has 3 unspecified atom stereocenters. The van der Waals surface area contributed by atoms with Crippen molar-refractivity contribution in [1.29, 1.82) is 0 Å². The number of piperidine rings is 1. The molecule has 7 nitrogen and oxygen atoms in total. The Labute approximate surface area is 121 Å². The highest BCUT2D eigenvalue weighted by Crippen LogP contribution is 2.62. The number of benzene rings is 1. The Kier molecular flexibility index (Phi) is 2.93. The third kappa shape index (κ3) is 1.90. The Hall–Kier alpha value is -1.80. The van der Waals surface area contributed by atoms with Crippen molar-refractivity contribution in [2.45, 2.75) is 11.8 Å². The molecule has 1 saturated heterocycles. The van der Waals surface area contributed by atoms with Gasteiger partial charge in [0.2, 0.25) is 10.0 Å². The van der Waals surface area contributed by atoms with Crippen molar-refractivity contribution in [3.63, 3.8) is 0 Å². The molecule has 1 aliphatic carbocycles. The van der Waals surface area contributed by atoms with Crippen LogP contribution in [0.25, 0.3) is 0 Å². The SMILES string of the molecule is CC1C2CN(S(=O)(=O)c3ccc([N+](=O)[O-])cc3)CC12C=O. The van der Waals surface area contributed by atoms with Gasteiger partial charge in [0, 0.05) is 30.6 Å². The molecule has 112 valence electrons. The van der Waals surface area contributed by atoms with Crippen LogP contribution in [0.5, 0.6) is 0 Å². The molecule has 0 spiro atoms. The summed E-state index contributed by atoms with van der Waals surface area (Å²) >= 11 is 0. The van der Waals surface area contributed by atoms with E-state index in [-0.39, 0.29) is 29.0 Å². The molecule has 21 heavy (non-hydrogen) atoms. The fourth-order valence-electron chi connectivity index (χ4n) is 3.24.